The number of carbonyl (C=O) groups is 1. The lowest BCUT2D eigenvalue weighted by atomic mass is 9.87. The predicted octanol–water partition coefficient (Wildman–Crippen LogP) is 2.09. The van der Waals surface area contributed by atoms with Gasteiger partial charge < -0.3 is 14.8 Å². The largest absolute Gasteiger partial charge is 0.469 e. The number of benzene rings is 1. The van der Waals surface area contributed by atoms with Crippen molar-refractivity contribution < 1.29 is 14.3 Å². The topological polar surface area (TPSA) is 47.6 Å². The monoisotopic (exact) mass is 265 g/mol. The fourth-order valence-corrected chi connectivity index (χ4v) is 2.14. The van der Waals surface area contributed by atoms with Gasteiger partial charge in [0.2, 0.25) is 0 Å². The lowest BCUT2D eigenvalue weighted by Gasteiger charge is -2.34. The Morgan fingerprint density at radius 3 is 2.47 bits per heavy atom. The number of hydrogen-bond donors (Lipinski definition) is 1. The summed E-state index contributed by atoms with van der Waals surface area (Å²) < 4.78 is 10.2. The van der Waals surface area contributed by atoms with E-state index in [2.05, 4.69) is 12.2 Å². The Morgan fingerprint density at radius 2 is 1.95 bits per heavy atom. The number of rotatable bonds is 8. The summed E-state index contributed by atoms with van der Waals surface area (Å²) in [6, 6.07) is 9.89. The minimum Gasteiger partial charge on any atom is -0.469 e. The van der Waals surface area contributed by atoms with Gasteiger partial charge in [0.15, 0.2) is 0 Å². The Balaban J connectivity index is 3.06. The van der Waals surface area contributed by atoms with Crippen molar-refractivity contribution in [3.8, 4) is 0 Å². The first-order chi connectivity index (χ1) is 9.18. The van der Waals surface area contributed by atoms with Crippen LogP contribution < -0.4 is 5.32 Å². The van der Waals surface area contributed by atoms with Gasteiger partial charge in [-0.25, -0.2) is 0 Å². The standard InChI is InChI=1S/C15H23NO3/c1-4-10-16-15(12-18-2,11-14(17)19-3)13-8-6-5-7-9-13/h5-9,16H,4,10-12H2,1-3H3. The van der Waals surface area contributed by atoms with Gasteiger partial charge in [-0.05, 0) is 18.5 Å². The van der Waals surface area contributed by atoms with Gasteiger partial charge in [0.25, 0.3) is 0 Å². The number of methoxy groups -OCH3 is 2. The maximum atomic E-state index is 11.7. The molecule has 1 aromatic carbocycles. The molecule has 1 rings (SSSR count). The van der Waals surface area contributed by atoms with Gasteiger partial charge in [0, 0.05) is 7.11 Å². The van der Waals surface area contributed by atoms with E-state index < -0.39 is 5.54 Å². The Kier molecular flexibility index (Phi) is 6.53. The second kappa shape index (κ2) is 7.92. The van der Waals surface area contributed by atoms with Crippen LogP contribution in [-0.4, -0.2) is 33.3 Å². The number of esters is 1. The van der Waals surface area contributed by atoms with Crippen LogP contribution in [0.1, 0.15) is 25.3 Å². The van der Waals surface area contributed by atoms with Gasteiger partial charge in [-0.2, -0.15) is 0 Å². The number of nitrogens with one attached hydrogen (secondary N) is 1. The summed E-state index contributed by atoms with van der Waals surface area (Å²) in [7, 11) is 3.05. The first kappa shape index (κ1) is 15.7. The van der Waals surface area contributed by atoms with E-state index in [0.717, 1.165) is 18.5 Å². The quantitative estimate of drug-likeness (QED) is 0.731. The molecule has 0 aromatic heterocycles. The Morgan fingerprint density at radius 1 is 1.26 bits per heavy atom. The molecule has 0 aliphatic rings. The highest BCUT2D eigenvalue weighted by atomic mass is 16.5. The fourth-order valence-electron chi connectivity index (χ4n) is 2.14. The van der Waals surface area contributed by atoms with Crippen molar-refractivity contribution in [2.75, 3.05) is 27.4 Å². The number of carbonyl (C=O) groups excluding carboxylic acids is 1. The van der Waals surface area contributed by atoms with E-state index in [9.17, 15) is 4.79 Å². The summed E-state index contributed by atoms with van der Waals surface area (Å²) >= 11 is 0. The highest BCUT2D eigenvalue weighted by Gasteiger charge is 2.34. The Bertz CT molecular complexity index is 380. The zero-order valence-corrected chi connectivity index (χ0v) is 11.9. The maximum absolute atomic E-state index is 11.7. The van der Waals surface area contributed by atoms with Gasteiger partial charge >= 0.3 is 5.97 Å². The second-order valence-electron chi connectivity index (χ2n) is 4.56. The van der Waals surface area contributed by atoms with Gasteiger partial charge in [0.1, 0.15) is 0 Å². The highest BCUT2D eigenvalue weighted by molar-refractivity contribution is 5.71. The summed E-state index contributed by atoms with van der Waals surface area (Å²) in [5, 5.41) is 3.44. The molecule has 0 bridgehead atoms. The SMILES string of the molecule is CCCNC(COC)(CC(=O)OC)c1ccccc1. The average Bonchev–Trinajstić information content (AvgIpc) is 2.45. The third kappa shape index (κ3) is 4.33. The number of hydrogen-bond acceptors (Lipinski definition) is 4. The normalized spacial score (nSPS) is 13.8. The predicted molar refractivity (Wildman–Crippen MR) is 74.9 cm³/mol. The molecule has 4 nitrogen and oxygen atoms in total. The molecule has 0 saturated carbocycles. The molecule has 1 atom stereocenters. The van der Waals surface area contributed by atoms with Crippen LogP contribution in [0.2, 0.25) is 0 Å². The molecule has 0 fully saturated rings. The average molecular weight is 265 g/mol. The molecular weight excluding hydrogens is 242 g/mol. The van der Waals surface area contributed by atoms with E-state index >= 15 is 0 Å². The maximum Gasteiger partial charge on any atom is 0.307 e. The summed E-state index contributed by atoms with van der Waals surface area (Å²) in [4.78, 5) is 11.7. The minimum absolute atomic E-state index is 0.246. The lowest BCUT2D eigenvalue weighted by molar-refractivity contribution is -0.143. The Hall–Kier alpha value is -1.39. The third-order valence-corrected chi connectivity index (χ3v) is 3.10. The molecule has 19 heavy (non-hydrogen) atoms. The summed E-state index contributed by atoms with van der Waals surface area (Å²) in [5.74, 6) is -0.246. The van der Waals surface area contributed by atoms with Crippen LogP contribution in [-0.2, 0) is 19.8 Å². The van der Waals surface area contributed by atoms with Crippen LogP contribution in [0.5, 0.6) is 0 Å². The molecule has 1 aromatic rings. The second-order valence-corrected chi connectivity index (χ2v) is 4.56. The van der Waals surface area contributed by atoms with E-state index in [4.69, 9.17) is 9.47 Å². The molecule has 1 N–H and O–H groups in total. The lowest BCUT2D eigenvalue weighted by Crippen LogP contribution is -2.48. The molecule has 4 heteroatoms. The molecule has 0 spiro atoms. The van der Waals surface area contributed by atoms with Crippen molar-refractivity contribution in [2.45, 2.75) is 25.3 Å². The highest BCUT2D eigenvalue weighted by Crippen LogP contribution is 2.26. The van der Waals surface area contributed by atoms with Crippen molar-refractivity contribution in [2.24, 2.45) is 0 Å². The van der Waals surface area contributed by atoms with Crippen LogP contribution in [0, 0.1) is 0 Å². The molecule has 106 valence electrons. The van der Waals surface area contributed by atoms with Crippen LogP contribution in [0.3, 0.4) is 0 Å². The molecule has 0 saturated heterocycles. The third-order valence-electron chi connectivity index (χ3n) is 3.10. The summed E-state index contributed by atoms with van der Waals surface area (Å²) in [6.45, 7) is 3.33. The first-order valence-corrected chi connectivity index (χ1v) is 6.55. The van der Waals surface area contributed by atoms with Crippen molar-refractivity contribution >= 4 is 5.97 Å². The molecule has 0 radical (unpaired) electrons. The fraction of sp³-hybridized carbons (Fsp3) is 0.533. The molecule has 0 amide bonds. The smallest absolute Gasteiger partial charge is 0.307 e. The van der Waals surface area contributed by atoms with Crippen molar-refractivity contribution in [3.05, 3.63) is 35.9 Å². The molecule has 0 heterocycles. The first-order valence-electron chi connectivity index (χ1n) is 6.55. The van der Waals surface area contributed by atoms with Gasteiger partial charge in [-0.1, -0.05) is 37.3 Å². The van der Waals surface area contributed by atoms with E-state index in [1.54, 1.807) is 7.11 Å². The van der Waals surface area contributed by atoms with Crippen LogP contribution in [0.15, 0.2) is 30.3 Å². The minimum atomic E-state index is -0.529. The zero-order chi connectivity index (χ0) is 14.1. The molecule has 0 aliphatic heterocycles. The molecular formula is C15H23NO3. The van der Waals surface area contributed by atoms with Crippen LogP contribution in [0.25, 0.3) is 0 Å². The van der Waals surface area contributed by atoms with E-state index in [-0.39, 0.29) is 12.4 Å². The molecule has 1 unspecified atom stereocenters. The van der Waals surface area contributed by atoms with Gasteiger partial charge in [0.05, 0.1) is 25.7 Å². The number of ether oxygens (including phenoxy) is 2. The zero-order valence-electron chi connectivity index (χ0n) is 11.9. The van der Waals surface area contributed by atoms with Gasteiger partial charge in [-0.15, -0.1) is 0 Å². The summed E-state index contributed by atoms with van der Waals surface area (Å²) in [6.07, 6.45) is 1.24. The van der Waals surface area contributed by atoms with E-state index in [0.29, 0.717) is 6.61 Å². The van der Waals surface area contributed by atoms with Crippen LogP contribution in [0.4, 0.5) is 0 Å². The van der Waals surface area contributed by atoms with Crippen LogP contribution >= 0.6 is 0 Å². The van der Waals surface area contributed by atoms with Crippen molar-refractivity contribution in [3.63, 3.8) is 0 Å². The van der Waals surface area contributed by atoms with Crippen molar-refractivity contribution in [1.29, 1.82) is 0 Å². The van der Waals surface area contributed by atoms with E-state index in [1.807, 2.05) is 30.3 Å². The Labute approximate surface area is 115 Å². The van der Waals surface area contributed by atoms with Crippen molar-refractivity contribution in [1.82, 2.24) is 5.32 Å². The summed E-state index contributed by atoms with van der Waals surface area (Å²) in [5.41, 5.74) is 0.509. The van der Waals surface area contributed by atoms with E-state index in [1.165, 1.54) is 7.11 Å². The molecule has 0 aliphatic carbocycles. The van der Waals surface area contributed by atoms with Gasteiger partial charge in [-0.3, -0.25) is 4.79 Å².